The van der Waals surface area contributed by atoms with Crippen LogP contribution in [0.4, 0.5) is 11.4 Å². The number of thioether (sulfide) groups is 1. The molecule has 0 unspecified atom stereocenters. The standard InChI is InChI=1S/C21H24N2O5S/c1-13-5-7-17(11-15(13)3)29-10-9-20(25)28-12-19(24)22-21-16(4)14(2)6-8-18(21)23(26)27/h5-8,11H,9-10,12H2,1-4H3,(H,22,24). The van der Waals surface area contributed by atoms with Crippen LogP contribution in [0.25, 0.3) is 0 Å². The summed E-state index contributed by atoms with van der Waals surface area (Å²) in [5.74, 6) is -0.574. The number of hydrogen-bond donors (Lipinski definition) is 1. The van der Waals surface area contributed by atoms with Gasteiger partial charge in [-0.25, -0.2) is 0 Å². The molecule has 0 spiro atoms. The Morgan fingerprint density at radius 2 is 1.76 bits per heavy atom. The van der Waals surface area contributed by atoms with Crippen molar-refractivity contribution in [2.75, 3.05) is 17.7 Å². The van der Waals surface area contributed by atoms with Crippen LogP contribution >= 0.6 is 11.8 Å². The maximum absolute atomic E-state index is 12.1. The third-order valence-electron chi connectivity index (χ3n) is 4.59. The molecule has 0 radical (unpaired) electrons. The third kappa shape index (κ3) is 6.32. The Morgan fingerprint density at radius 3 is 2.41 bits per heavy atom. The van der Waals surface area contributed by atoms with E-state index in [0.29, 0.717) is 11.3 Å². The molecule has 0 aliphatic carbocycles. The van der Waals surface area contributed by atoms with Gasteiger partial charge in [-0.15, -0.1) is 11.8 Å². The van der Waals surface area contributed by atoms with Gasteiger partial charge in [-0.05, 0) is 62.1 Å². The van der Waals surface area contributed by atoms with Gasteiger partial charge in [0.2, 0.25) is 0 Å². The van der Waals surface area contributed by atoms with Crippen molar-refractivity contribution in [2.24, 2.45) is 0 Å². The first kappa shape index (κ1) is 22.4. The van der Waals surface area contributed by atoms with E-state index in [1.807, 2.05) is 26.0 Å². The van der Waals surface area contributed by atoms with Gasteiger partial charge in [-0.1, -0.05) is 12.1 Å². The van der Waals surface area contributed by atoms with Crippen molar-refractivity contribution in [1.29, 1.82) is 0 Å². The molecule has 0 saturated heterocycles. The number of nitro groups is 1. The molecule has 0 fully saturated rings. The van der Waals surface area contributed by atoms with E-state index in [9.17, 15) is 19.7 Å². The van der Waals surface area contributed by atoms with E-state index >= 15 is 0 Å². The SMILES string of the molecule is Cc1ccc(SCCC(=O)OCC(=O)Nc2c([N+](=O)[O-])ccc(C)c2C)cc1C. The second-order valence-electron chi connectivity index (χ2n) is 6.71. The summed E-state index contributed by atoms with van der Waals surface area (Å²) in [6.07, 6.45) is 0.161. The van der Waals surface area contributed by atoms with Crippen LogP contribution in [0.15, 0.2) is 35.2 Å². The first-order valence-electron chi connectivity index (χ1n) is 9.09. The highest BCUT2D eigenvalue weighted by Crippen LogP contribution is 2.30. The number of esters is 1. The number of aryl methyl sites for hydroxylation is 3. The predicted octanol–water partition coefficient (Wildman–Crippen LogP) is 4.49. The molecule has 0 heterocycles. The lowest BCUT2D eigenvalue weighted by Crippen LogP contribution is -2.22. The van der Waals surface area contributed by atoms with Crippen LogP contribution < -0.4 is 5.32 Å². The molecule has 2 aromatic carbocycles. The van der Waals surface area contributed by atoms with E-state index in [1.165, 1.54) is 17.2 Å². The van der Waals surface area contributed by atoms with E-state index in [0.717, 1.165) is 10.5 Å². The van der Waals surface area contributed by atoms with Crippen molar-refractivity contribution in [3.63, 3.8) is 0 Å². The Hall–Kier alpha value is -2.87. The highest BCUT2D eigenvalue weighted by Gasteiger charge is 2.20. The molecule has 2 aromatic rings. The summed E-state index contributed by atoms with van der Waals surface area (Å²) in [7, 11) is 0. The molecule has 2 rings (SSSR count). The van der Waals surface area contributed by atoms with Gasteiger partial charge >= 0.3 is 5.97 Å². The predicted molar refractivity (Wildman–Crippen MR) is 113 cm³/mol. The first-order valence-corrected chi connectivity index (χ1v) is 10.1. The Balaban J connectivity index is 1.83. The second kappa shape index (κ2) is 10.1. The molecule has 1 amide bonds. The molecule has 7 nitrogen and oxygen atoms in total. The van der Waals surface area contributed by atoms with Gasteiger partial charge in [0.1, 0.15) is 5.69 Å². The Bertz CT molecular complexity index is 943. The lowest BCUT2D eigenvalue weighted by molar-refractivity contribution is -0.384. The van der Waals surface area contributed by atoms with E-state index in [2.05, 4.69) is 11.4 Å². The van der Waals surface area contributed by atoms with E-state index < -0.39 is 23.4 Å². The maximum atomic E-state index is 12.1. The van der Waals surface area contributed by atoms with Gasteiger partial charge in [-0.2, -0.15) is 0 Å². The van der Waals surface area contributed by atoms with Crippen LogP contribution in [0.1, 0.15) is 28.7 Å². The average molecular weight is 416 g/mol. The smallest absolute Gasteiger partial charge is 0.307 e. The molecule has 0 aliphatic rings. The Kier molecular flexibility index (Phi) is 7.78. The summed E-state index contributed by atoms with van der Waals surface area (Å²) in [6.45, 7) is 7.07. The highest BCUT2D eigenvalue weighted by molar-refractivity contribution is 7.99. The first-order chi connectivity index (χ1) is 13.7. The molecular formula is C21H24N2O5S. The van der Waals surface area contributed by atoms with Crippen molar-refractivity contribution >= 4 is 35.0 Å². The summed E-state index contributed by atoms with van der Waals surface area (Å²) in [5.41, 5.74) is 3.74. The summed E-state index contributed by atoms with van der Waals surface area (Å²) in [6, 6.07) is 9.07. The fourth-order valence-corrected chi connectivity index (χ4v) is 3.49. The molecule has 154 valence electrons. The Labute approximate surface area is 174 Å². The molecule has 29 heavy (non-hydrogen) atoms. The van der Waals surface area contributed by atoms with E-state index in [1.54, 1.807) is 31.7 Å². The number of rotatable bonds is 8. The third-order valence-corrected chi connectivity index (χ3v) is 5.59. The lowest BCUT2D eigenvalue weighted by atomic mass is 10.1. The van der Waals surface area contributed by atoms with Gasteiger partial charge in [0, 0.05) is 16.7 Å². The van der Waals surface area contributed by atoms with Crippen molar-refractivity contribution < 1.29 is 19.2 Å². The number of amides is 1. The van der Waals surface area contributed by atoms with Crippen LogP contribution in [0.2, 0.25) is 0 Å². The number of nitro benzene ring substituents is 1. The van der Waals surface area contributed by atoms with Gasteiger partial charge < -0.3 is 10.1 Å². The van der Waals surface area contributed by atoms with Crippen molar-refractivity contribution in [2.45, 2.75) is 39.0 Å². The highest BCUT2D eigenvalue weighted by atomic mass is 32.2. The summed E-state index contributed by atoms with van der Waals surface area (Å²) in [4.78, 5) is 35.7. The fraction of sp³-hybridized carbons (Fsp3) is 0.333. The zero-order valence-electron chi connectivity index (χ0n) is 16.9. The molecule has 1 N–H and O–H groups in total. The lowest BCUT2D eigenvalue weighted by Gasteiger charge is -2.11. The minimum atomic E-state index is -0.614. The second-order valence-corrected chi connectivity index (χ2v) is 7.88. The number of carbonyl (C=O) groups excluding carboxylic acids is 2. The number of ether oxygens (including phenoxy) is 1. The summed E-state index contributed by atoms with van der Waals surface area (Å²) < 4.78 is 4.99. The average Bonchev–Trinajstić information content (AvgIpc) is 2.66. The number of carbonyl (C=O) groups is 2. The fourth-order valence-electron chi connectivity index (χ4n) is 2.56. The van der Waals surface area contributed by atoms with Crippen LogP contribution in [0, 0.1) is 37.8 Å². The van der Waals surface area contributed by atoms with Gasteiger partial charge in [-0.3, -0.25) is 19.7 Å². The van der Waals surface area contributed by atoms with Crippen molar-refractivity contribution in [3.8, 4) is 0 Å². The topological polar surface area (TPSA) is 98.5 Å². The van der Waals surface area contributed by atoms with Gasteiger partial charge in [0.15, 0.2) is 6.61 Å². The summed E-state index contributed by atoms with van der Waals surface area (Å²) >= 11 is 1.54. The van der Waals surface area contributed by atoms with Crippen molar-refractivity contribution in [1.82, 2.24) is 0 Å². The van der Waals surface area contributed by atoms with Gasteiger partial charge in [0.25, 0.3) is 11.6 Å². The number of benzene rings is 2. The zero-order valence-corrected chi connectivity index (χ0v) is 17.7. The normalized spacial score (nSPS) is 10.5. The largest absolute Gasteiger partial charge is 0.456 e. The molecule has 0 saturated carbocycles. The van der Waals surface area contributed by atoms with E-state index in [-0.39, 0.29) is 17.8 Å². The Morgan fingerprint density at radius 1 is 1.07 bits per heavy atom. The molecule has 0 atom stereocenters. The minimum Gasteiger partial charge on any atom is -0.456 e. The number of hydrogen-bond acceptors (Lipinski definition) is 6. The minimum absolute atomic E-state index is 0.126. The van der Waals surface area contributed by atoms with E-state index in [4.69, 9.17) is 4.74 Å². The maximum Gasteiger partial charge on any atom is 0.307 e. The molecule has 8 heteroatoms. The quantitative estimate of drug-likeness (QED) is 0.295. The van der Waals surface area contributed by atoms with Crippen LogP contribution in [-0.4, -0.2) is 29.2 Å². The van der Waals surface area contributed by atoms with Gasteiger partial charge in [0.05, 0.1) is 11.3 Å². The number of nitrogens with zero attached hydrogens (tertiary/aromatic N) is 1. The number of nitrogens with one attached hydrogen (secondary N) is 1. The molecule has 0 aliphatic heterocycles. The molecular weight excluding hydrogens is 392 g/mol. The van der Waals surface area contributed by atoms with Crippen molar-refractivity contribution in [3.05, 3.63) is 62.7 Å². The van der Waals surface area contributed by atoms with Crippen LogP contribution in [0.5, 0.6) is 0 Å². The molecule has 0 bridgehead atoms. The monoisotopic (exact) mass is 416 g/mol. The van der Waals surface area contributed by atoms with Crippen LogP contribution in [0.3, 0.4) is 0 Å². The molecule has 0 aromatic heterocycles. The summed E-state index contributed by atoms with van der Waals surface area (Å²) in [5, 5.41) is 13.7. The number of anilines is 1. The van der Waals surface area contributed by atoms with Crippen LogP contribution in [-0.2, 0) is 14.3 Å². The zero-order chi connectivity index (χ0) is 21.6.